The molecule has 0 aromatic heterocycles. The molecule has 1 rings (SSSR count). The van der Waals surface area contributed by atoms with Gasteiger partial charge in [0.1, 0.15) is 6.04 Å². The summed E-state index contributed by atoms with van der Waals surface area (Å²) in [6.07, 6.45) is 0.173. The average molecular weight is 214 g/mol. The first kappa shape index (κ1) is 12.0. The minimum absolute atomic E-state index is 0.0451. The van der Waals surface area contributed by atoms with Crippen molar-refractivity contribution in [3.8, 4) is 0 Å². The van der Waals surface area contributed by atoms with Gasteiger partial charge in [-0.15, -0.1) is 0 Å². The van der Waals surface area contributed by atoms with Crippen LogP contribution in [0.5, 0.6) is 0 Å². The first-order chi connectivity index (χ1) is 6.91. The molecule has 2 amide bonds. The molecule has 0 aromatic carbocycles. The minimum Gasteiger partial charge on any atom is -0.391 e. The smallest absolute Gasteiger partial charge is 0.245 e. The highest BCUT2D eigenvalue weighted by molar-refractivity contribution is 5.86. The third-order valence-electron chi connectivity index (χ3n) is 2.63. The molecule has 3 atom stereocenters. The second-order valence-electron chi connectivity index (χ2n) is 4.15. The van der Waals surface area contributed by atoms with E-state index in [0.717, 1.165) is 0 Å². The quantitative estimate of drug-likeness (QED) is 0.650. The van der Waals surface area contributed by atoms with E-state index in [2.05, 4.69) is 5.32 Å². The topological polar surface area (TPSA) is 69.6 Å². The molecular weight excluding hydrogens is 196 g/mol. The molecule has 1 heterocycles. The lowest BCUT2D eigenvalue weighted by atomic mass is 10.2. The molecule has 0 radical (unpaired) electrons. The second-order valence-corrected chi connectivity index (χ2v) is 4.15. The van der Waals surface area contributed by atoms with E-state index in [9.17, 15) is 14.7 Å². The number of rotatable bonds is 2. The van der Waals surface area contributed by atoms with E-state index in [1.54, 1.807) is 11.8 Å². The van der Waals surface area contributed by atoms with Gasteiger partial charge in [-0.25, -0.2) is 0 Å². The van der Waals surface area contributed by atoms with E-state index in [1.807, 2.05) is 6.92 Å². The van der Waals surface area contributed by atoms with Gasteiger partial charge in [-0.2, -0.15) is 0 Å². The van der Waals surface area contributed by atoms with Crippen molar-refractivity contribution < 1.29 is 14.7 Å². The van der Waals surface area contributed by atoms with Gasteiger partial charge in [0.2, 0.25) is 11.8 Å². The molecule has 1 aliphatic heterocycles. The fraction of sp³-hybridized carbons (Fsp3) is 0.800. The fourth-order valence-electron chi connectivity index (χ4n) is 1.93. The third kappa shape index (κ3) is 2.92. The van der Waals surface area contributed by atoms with E-state index < -0.39 is 12.1 Å². The number of amides is 2. The third-order valence-corrected chi connectivity index (χ3v) is 2.63. The van der Waals surface area contributed by atoms with Gasteiger partial charge >= 0.3 is 0 Å². The van der Waals surface area contributed by atoms with Crippen molar-refractivity contribution in [3.63, 3.8) is 0 Å². The van der Waals surface area contributed by atoms with Crippen LogP contribution in [0.15, 0.2) is 0 Å². The summed E-state index contributed by atoms with van der Waals surface area (Å²) in [4.78, 5) is 24.2. The van der Waals surface area contributed by atoms with Crippen molar-refractivity contribution in [2.75, 3.05) is 6.54 Å². The molecule has 5 nitrogen and oxygen atoms in total. The molecule has 0 bridgehead atoms. The number of nitrogens with one attached hydrogen (secondary N) is 1. The summed E-state index contributed by atoms with van der Waals surface area (Å²) in [5, 5.41) is 11.9. The molecule has 15 heavy (non-hydrogen) atoms. The van der Waals surface area contributed by atoms with Crippen LogP contribution in [0.25, 0.3) is 0 Å². The molecule has 5 heteroatoms. The highest BCUT2D eigenvalue weighted by Crippen LogP contribution is 2.17. The second kappa shape index (κ2) is 4.61. The van der Waals surface area contributed by atoms with Crippen LogP contribution >= 0.6 is 0 Å². The Balaban J connectivity index is 2.56. The minimum atomic E-state index is -0.518. The molecule has 2 N–H and O–H groups in total. The van der Waals surface area contributed by atoms with Crippen molar-refractivity contribution in [3.05, 3.63) is 0 Å². The lowest BCUT2D eigenvalue weighted by Gasteiger charge is -2.24. The van der Waals surface area contributed by atoms with Gasteiger partial charge in [0.05, 0.1) is 6.10 Å². The van der Waals surface area contributed by atoms with Crippen molar-refractivity contribution in [1.82, 2.24) is 10.2 Å². The molecule has 0 spiro atoms. The van der Waals surface area contributed by atoms with Gasteiger partial charge in [0, 0.05) is 19.5 Å². The zero-order chi connectivity index (χ0) is 11.6. The van der Waals surface area contributed by atoms with E-state index in [0.29, 0.717) is 13.0 Å². The Labute approximate surface area is 89.4 Å². The van der Waals surface area contributed by atoms with Gasteiger partial charge in [-0.3, -0.25) is 9.59 Å². The number of hydrogen-bond acceptors (Lipinski definition) is 3. The number of aliphatic hydroxyl groups excluding tert-OH is 1. The molecule has 0 aliphatic carbocycles. The lowest BCUT2D eigenvalue weighted by molar-refractivity contribution is -0.136. The Morgan fingerprint density at radius 3 is 2.53 bits per heavy atom. The van der Waals surface area contributed by atoms with Gasteiger partial charge in [-0.05, 0) is 20.3 Å². The lowest BCUT2D eigenvalue weighted by Crippen LogP contribution is -2.47. The van der Waals surface area contributed by atoms with Crippen LogP contribution in [-0.2, 0) is 9.59 Å². The molecule has 1 saturated heterocycles. The average Bonchev–Trinajstić information content (AvgIpc) is 2.42. The van der Waals surface area contributed by atoms with Crippen LogP contribution < -0.4 is 5.32 Å². The number of likely N-dealkylation sites (tertiary alicyclic amines) is 1. The number of carbonyl (C=O) groups excluding carboxylic acids is 2. The Bertz CT molecular complexity index is 267. The molecule has 86 valence electrons. The zero-order valence-electron chi connectivity index (χ0n) is 9.36. The summed E-state index contributed by atoms with van der Waals surface area (Å²) >= 11 is 0. The van der Waals surface area contributed by atoms with Crippen LogP contribution in [0.2, 0.25) is 0 Å². The first-order valence-corrected chi connectivity index (χ1v) is 5.17. The van der Waals surface area contributed by atoms with Crippen molar-refractivity contribution in [2.45, 2.75) is 45.4 Å². The highest BCUT2D eigenvalue weighted by atomic mass is 16.3. The Hall–Kier alpha value is -1.10. The van der Waals surface area contributed by atoms with E-state index >= 15 is 0 Å². The van der Waals surface area contributed by atoms with E-state index in [4.69, 9.17) is 0 Å². The van der Waals surface area contributed by atoms with Gasteiger partial charge in [0.25, 0.3) is 0 Å². The molecular formula is C10H18N2O3. The normalized spacial score (nSPS) is 27.6. The summed E-state index contributed by atoms with van der Waals surface area (Å²) in [6, 6.07) is -0.473. The Kier molecular flexibility index (Phi) is 3.68. The van der Waals surface area contributed by atoms with Gasteiger partial charge in [-0.1, -0.05) is 0 Å². The van der Waals surface area contributed by atoms with Crippen molar-refractivity contribution >= 4 is 11.8 Å². The van der Waals surface area contributed by atoms with Crippen molar-refractivity contribution in [1.29, 1.82) is 0 Å². The number of carbonyl (C=O) groups is 2. The van der Waals surface area contributed by atoms with Crippen LogP contribution in [0, 0.1) is 0 Å². The van der Waals surface area contributed by atoms with E-state index in [1.165, 1.54) is 6.92 Å². The summed E-state index contributed by atoms with van der Waals surface area (Å²) in [5.74, 6) is -0.350. The Morgan fingerprint density at radius 1 is 1.53 bits per heavy atom. The first-order valence-electron chi connectivity index (χ1n) is 5.17. The number of β-amino-alcohol motifs (C(OH)–C–C–N with tert-alkyl or cyclic N) is 1. The number of aliphatic hydroxyl groups is 1. The summed E-state index contributed by atoms with van der Waals surface area (Å²) < 4.78 is 0. The maximum Gasteiger partial charge on any atom is 0.245 e. The largest absolute Gasteiger partial charge is 0.391 e. The maximum atomic E-state index is 11.8. The summed E-state index contributed by atoms with van der Waals surface area (Å²) in [5.41, 5.74) is 0. The molecule has 0 saturated carbocycles. The van der Waals surface area contributed by atoms with Crippen LogP contribution in [0.1, 0.15) is 27.2 Å². The van der Waals surface area contributed by atoms with Crippen molar-refractivity contribution in [2.24, 2.45) is 0 Å². The summed E-state index contributed by atoms with van der Waals surface area (Å²) in [7, 11) is 0. The Morgan fingerprint density at radius 2 is 2.13 bits per heavy atom. The predicted molar refractivity (Wildman–Crippen MR) is 55.1 cm³/mol. The van der Waals surface area contributed by atoms with Crippen LogP contribution in [0.3, 0.4) is 0 Å². The number of nitrogens with zero attached hydrogens (tertiary/aromatic N) is 1. The SMILES string of the molecule is CC(=O)NC(C)C(=O)N1CC(O)CC1C. The monoisotopic (exact) mass is 214 g/mol. The van der Waals surface area contributed by atoms with E-state index in [-0.39, 0.29) is 17.9 Å². The standard InChI is InChI=1S/C10H18N2O3/c1-6-4-9(14)5-12(6)10(15)7(2)11-8(3)13/h6-7,9,14H,4-5H2,1-3H3,(H,11,13). The molecule has 3 unspecified atom stereocenters. The van der Waals surface area contributed by atoms with Crippen LogP contribution in [-0.4, -0.2) is 46.6 Å². The zero-order valence-corrected chi connectivity index (χ0v) is 9.36. The predicted octanol–water partition coefficient (Wildman–Crippen LogP) is -0.507. The molecule has 1 aliphatic rings. The molecule has 1 fully saturated rings. The van der Waals surface area contributed by atoms with Gasteiger partial charge in [0.15, 0.2) is 0 Å². The maximum absolute atomic E-state index is 11.8. The number of hydrogen-bond donors (Lipinski definition) is 2. The fourth-order valence-corrected chi connectivity index (χ4v) is 1.93. The molecule has 0 aromatic rings. The van der Waals surface area contributed by atoms with Crippen LogP contribution in [0.4, 0.5) is 0 Å². The van der Waals surface area contributed by atoms with Gasteiger partial charge < -0.3 is 15.3 Å². The highest BCUT2D eigenvalue weighted by Gasteiger charge is 2.33. The summed E-state index contributed by atoms with van der Waals surface area (Å²) in [6.45, 7) is 5.30.